The van der Waals surface area contributed by atoms with Crippen LogP contribution in [0.25, 0.3) is 11.2 Å². The molecule has 174 valence electrons. The van der Waals surface area contributed by atoms with Crippen LogP contribution >= 0.6 is 0 Å². The molecule has 2 aliphatic rings. The molecule has 0 unspecified atom stereocenters. The van der Waals surface area contributed by atoms with Gasteiger partial charge in [-0.25, -0.2) is 19.7 Å². The van der Waals surface area contributed by atoms with E-state index in [-0.39, 0.29) is 25.1 Å². The van der Waals surface area contributed by atoms with Crippen molar-refractivity contribution in [1.82, 2.24) is 29.5 Å². The smallest absolute Gasteiger partial charge is 0.327 e. The normalized spacial score (nSPS) is 15.9. The van der Waals surface area contributed by atoms with Gasteiger partial charge in [0.15, 0.2) is 5.65 Å². The Balaban J connectivity index is 0.00000241. The molecular weight excluding hydrogens is 432 g/mol. The number of carbonyl (C=O) groups is 1. The zero-order valence-corrected chi connectivity index (χ0v) is 17.9. The summed E-state index contributed by atoms with van der Waals surface area (Å²) >= 11 is 0. The summed E-state index contributed by atoms with van der Waals surface area (Å²) in [6, 6.07) is 7.49. The summed E-state index contributed by atoms with van der Waals surface area (Å²) in [6.07, 6.45) is 9.03. The number of hydrogen-bond acceptors (Lipinski definition) is 7. The molecule has 0 spiro atoms. The van der Waals surface area contributed by atoms with Gasteiger partial charge in [-0.1, -0.05) is 7.43 Å². The summed E-state index contributed by atoms with van der Waals surface area (Å²) < 4.78 is 1.81. The SMILES string of the molecule is C.O=C(c1cc(N2CCC(n3c(=O)[nH]c4ncccc43)CC2)ncn1)N1CCc2cnccc21. The summed E-state index contributed by atoms with van der Waals surface area (Å²) in [4.78, 5) is 49.5. The van der Waals surface area contributed by atoms with Crippen LogP contribution in [0, 0.1) is 0 Å². The van der Waals surface area contributed by atoms with Crippen LogP contribution in [0.15, 0.2) is 54.0 Å². The molecule has 4 aromatic rings. The number of amides is 1. The van der Waals surface area contributed by atoms with Crippen LogP contribution in [0.5, 0.6) is 0 Å². The Kier molecular flexibility index (Phi) is 5.56. The fourth-order valence-electron chi connectivity index (χ4n) is 4.89. The lowest BCUT2D eigenvalue weighted by Crippen LogP contribution is -2.37. The molecule has 0 saturated carbocycles. The van der Waals surface area contributed by atoms with E-state index in [1.54, 1.807) is 23.4 Å². The molecule has 1 N–H and O–H groups in total. The predicted octanol–water partition coefficient (Wildman–Crippen LogP) is 2.59. The van der Waals surface area contributed by atoms with Crippen LogP contribution in [0.2, 0.25) is 0 Å². The first-order valence-corrected chi connectivity index (χ1v) is 11.1. The van der Waals surface area contributed by atoms with Crippen molar-refractivity contribution in [2.75, 3.05) is 29.4 Å². The third-order valence-electron chi connectivity index (χ3n) is 6.53. The van der Waals surface area contributed by atoms with Gasteiger partial charge in [0.25, 0.3) is 5.91 Å². The molecule has 0 atom stereocenters. The van der Waals surface area contributed by atoms with Crippen molar-refractivity contribution in [3.05, 3.63) is 70.9 Å². The molecule has 6 heterocycles. The Morgan fingerprint density at radius 3 is 2.76 bits per heavy atom. The molecule has 0 radical (unpaired) electrons. The maximum absolute atomic E-state index is 13.2. The van der Waals surface area contributed by atoms with Crippen LogP contribution in [-0.4, -0.2) is 55.0 Å². The van der Waals surface area contributed by atoms with E-state index in [2.05, 4.69) is 29.8 Å². The van der Waals surface area contributed by atoms with Gasteiger partial charge in [0.2, 0.25) is 0 Å². The van der Waals surface area contributed by atoms with Crippen LogP contribution < -0.4 is 15.5 Å². The van der Waals surface area contributed by atoms with Crippen molar-refractivity contribution in [2.24, 2.45) is 0 Å². The summed E-state index contributed by atoms with van der Waals surface area (Å²) in [5, 5.41) is 0. The van der Waals surface area contributed by atoms with Crippen LogP contribution in [0.1, 0.15) is 42.4 Å². The lowest BCUT2D eigenvalue weighted by atomic mass is 10.0. The fraction of sp³-hybridized carbons (Fsp3) is 0.333. The Morgan fingerprint density at radius 2 is 1.91 bits per heavy atom. The topological polar surface area (TPSA) is 113 Å². The van der Waals surface area contributed by atoms with E-state index in [1.165, 1.54) is 6.33 Å². The highest BCUT2D eigenvalue weighted by molar-refractivity contribution is 6.06. The zero-order valence-electron chi connectivity index (χ0n) is 17.9. The van der Waals surface area contributed by atoms with Gasteiger partial charge in [0.05, 0.1) is 11.2 Å². The first-order valence-electron chi connectivity index (χ1n) is 11.1. The lowest BCUT2D eigenvalue weighted by Gasteiger charge is -2.33. The average Bonchev–Trinajstić information content (AvgIpc) is 3.44. The molecule has 1 saturated heterocycles. The number of hydrogen-bond donors (Lipinski definition) is 1. The van der Waals surface area contributed by atoms with Gasteiger partial charge in [-0.2, -0.15) is 0 Å². The zero-order chi connectivity index (χ0) is 22.4. The number of nitrogens with zero attached hydrogens (tertiary/aromatic N) is 7. The average molecular weight is 459 g/mol. The third kappa shape index (κ3) is 3.60. The number of imidazole rings is 1. The summed E-state index contributed by atoms with van der Waals surface area (Å²) in [6.45, 7) is 2.08. The quantitative estimate of drug-likeness (QED) is 0.502. The Morgan fingerprint density at radius 1 is 1.06 bits per heavy atom. The van der Waals surface area contributed by atoms with E-state index in [1.807, 2.05) is 29.0 Å². The van der Waals surface area contributed by atoms with Crippen LogP contribution in [-0.2, 0) is 6.42 Å². The Labute approximate surface area is 196 Å². The molecule has 34 heavy (non-hydrogen) atoms. The summed E-state index contributed by atoms with van der Waals surface area (Å²) in [7, 11) is 0. The number of pyridine rings is 2. The largest absolute Gasteiger partial charge is 0.356 e. The molecule has 10 heteroatoms. The first kappa shape index (κ1) is 21.7. The maximum Gasteiger partial charge on any atom is 0.327 e. The third-order valence-corrected chi connectivity index (χ3v) is 6.53. The molecular formula is C24H26N8O2. The molecule has 1 fully saturated rings. The van der Waals surface area contributed by atoms with Crippen molar-refractivity contribution in [3.63, 3.8) is 0 Å². The molecule has 4 aromatic heterocycles. The number of nitrogens with one attached hydrogen (secondary N) is 1. The number of carbonyl (C=O) groups excluding carboxylic acids is 1. The van der Waals surface area contributed by atoms with Gasteiger partial charge in [-0.05, 0) is 43.0 Å². The Bertz CT molecular complexity index is 1400. The summed E-state index contributed by atoms with van der Waals surface area (Å²) in [5.74, 6) is 0.602. The standard InChI is InChI=1S/C23H22N8O2.CH4/c32-22(30-11-4-15-13-24-8-3-18(15)30)17-12-20(27-14-26-17)29-9-5-16(6-10-29)31-19-2-1-7-25-21(19)28-23(31)33;/h1-3,7-8,12-14,16H,4-6,9-11H2,(H,25,28,33);1H4. The minimum absolute atomic E-state index is 0. The van der Waals surface area contributed by atoms with E-state index in [0.29, 0.717) is 17.9 Å². The molecule has 10 nitrogen and oxygen atoms in total. The van der Waals surface area contributed by atoms with E-state index in [4.69, 9.17) is 0 Å². The van der Waals surface area contributed by atoms with Gasteiger partial charge in [-0.3, -0.25) is 19.3 Å². The number of aromatic amines is 1. The number of piperidine rings is 1. The minimum atomic E-state index is -0.128. The van der Waals surface area contributed by atoms with Crippen LogP contribution in [0.3, 0.4) is 0 Å². The molecule has 0 aromatic carbocycles. The number of H-pyrrole nitrogens is 1. The highest BCUT2D eigenvalue weighted by atomic mass is 16.2. The molecule has 0 bridgehead atoms. The second-order valence-electron chi connectivity index (χ2n) is 8.36. The maximum atomic E-state index is 13.2. The number of anilines is 2. The molecule has 2 aliphatic heterocycles. The van der Waals surface area contributed by atoms with E-state index >= 15 is 0 Å². The Hall–Kier alpha value is -4.08. The predicted molar refractivity (Wildman–Crippen MR) is 129 cm³/mol. The number of aromatic nitrogens is 6. The monoisotopic (exact) mass is 458 g/mol. The van der Waals surface area contributed by atoms with Crippen molar-refractivity contribution in [3.8, 4) is 0 Å². The molecule has 1 amide bonds. The van der Waals surface area contributed by atoms with Gasteiger partial charge in [0.1, 0.15) is 17.8 Å². The highest BCUT2D eigenvalue weighted by Crippen LogP contribution is 2.29. The summed E-state index contributed by atoms with van der Waals surface area (Å²) in [5.41, 5.74) is 3.67. The fourth-order valence-corrected chi connectivity index (χ4v) is 4.89. The second kappa shape index (κ2) is 8.69. The highest BCUT2D eigenvalue weighted by Gasteiger charge is 2.28. The van der Waals surface area contributed by atoms with E-state index < -0.39 is 0 Å². The molecule has 0 aliphatic carbocycles. The first-order chi connectivity index (χ1) is 16.2. The van der Waals surface area contributed by atoms with Crippen molar-refractivity contribution >= 4 is 28.6 Å². The van der Waals surface area contributed by atoms with Gasteiger partial charge in [0, 0.05) is 50.3 Å². The van der Waals surface area contributed by atoms with Gasteiger partial charge in [-0.15, -0.1) is 0 Å². The van der Waals surface area contributed by atoms with Gasteiger partial charge < -0.3 is 9.80 Å². The van der Waals surface area contributed by atoms with Crippen molar-refractivity contribution < 1.29 is 4.79 Å². The minimum Gasteiger partial charge on any atom is -0.356 e. The number of fused-ring (bicyclic) bond motifs is 2. The van der Waals surface area contributed by atoms with E-state index in [0.717, 1.165) is 54.9 Å². The number of rotatable bonds is 3. The second-order valence-corrected chi connectivity index (χ2v) is 8.36. The van der Waals surface area contributed by atoms with E-state index in [9.17, 15) is 9.59 Å². The van der Waals surface area contributed by atoms with Crippen molar-refractivity contribution in [2.45, 2.75) is 32.7 Å². The van der Waals surface area contributed by atoms with Crippen molar-refractivity contribution in [1.29, 1.82) is 0 Å². The van der Waals surface area contributed by atoms with Crippen LogP contribution in [0.4, 0.5) is 11.5 Å². The lowest BCUT2D eigenvalue weighted by molar-refractivity contribution is 0.0984. The van der Waals surface area contributed by atoms with Gasteiger partial charge >= 0.3 is 5.69 Å². The molecule has 6 rings (SSSR count).